The molecule has 0 spiro atoms. The number of urea groups is 1. The maximum Gasteiger partial charge on any atom is 0.320 e. The van der Waals surface area contributed by atoms with Crippen LogP contribution in [0.2, 0.25) is 0 Å². The number of anilines is 1. The molecule has 240 valence electrons. The van der Waals surface area contributed by atoms with Gasteiger partial charge in [0.1, 0.15) is 29.0 Å². The molecule has 2 aromatic heterocycles. The molecule has 0 radical (unpaired) electrons. The number of amides is 2. The van der Waals surface area contributed by atoms with Crippen molar-refractivity contribution in [1.82, 2.24) is 29.7 Å². The monoisotopic (exact) mass is 613 g/mol. The highest BCUT2D eigenvalue weighted by atomic mass is 16.5. The number of likely N-dealkylation sites (tertiary alicyclic amines) is 1. The van der Waals surface area contributed by atoms with Gasteiger partial charge in [0.25, 0.3) is 0 Å². The van der Waals surface area contributed by atoms with Gasteiger partial charge >= 0.3 is 6.03 Å². The number of benzene rings is 1. The van der Waals surface area contributed by atoms with Crippen molar-refractivity contribution in [3.05, 3.63) is 76.8 Å². The predicted molar refractivity (Wildman–Crippen MR) is 175 cm³/mol. The molecular formula is C34H47N9O2. The summed E-state index contributed by atoms with van der Waals surface area (Å²) in [5.74, 6) is 2.05. The molecule has 3 atom stereocenters. The number of rotatable bonds is 6. The normalized spacial score (nSPS) is 20.0. The summed E-state index contributed by atoms with van der Waals surface area (Å²) in [5.41, 5.74) is 2.95. The first kappa shape index (κ1) is 32.2. The van der Waals surface area contributed by atoms with Crippen LogP contribution in [0.15, 0.2) is 48.7 Å². The van der Waals surface area contributed by atoms with E-state index in [-0.39, 0.29) is 35.1 Å². The highest BCUT2D eigenvalue weighted by Gasteiger charge is 2.30. The zero-order valence-electron chi connectivity index (χ0n) is 27.4. The number of aromatic nitrogens is 3. The second-order valence-corrected chi connectivity index (χ2v) is 13.5. The number of piperidine rings is 1. The summed E-state index contributed by atoms with van der Waals surface area (Å²) in [5, 5.41) is 23.4. The number of fused-ring (bicyclic) bond motifs is 1. The Balaban J connectivity index is 1.30. The number of carbonyl (C=O) groups is 1. The molecule has 3 aromatic rings. The zero-order chi connectivity index (χ0) is 32.3. The lowest BCUT2D eigenvalue weighted by molar-refractivity contribution is 0.171. The molecule has 0 unspecified atom stereocenters. The van der Waals surface area contributed by atoms with Gasteiger partial charge in [-0.05, 0) is 76.4 Å². The van der Waals surface area contributed by atoms with Gasteiger partial charge in [-0.1, -0.05) is 45.0 Å². The molecule has 11 nitrogen and oxygen atoms in total. The number of ether oxygens (including phenoxy) is 1. The maximum absolute atomic E-state index is 13.3. The largest absolute Gasteiger partial charge is 0.484 e. The second-order valence-electron chi connectivity index (χ2n) is 13.5. The van der Waals surface area contributed by atoms with E-state index in [0.29, 0.717) is 42.7 Å². The fraction of sp³-hybridized carbons (Fsp3) is 0.500. The lowest BCUT2D eigenvalue weighted by Crippen LogP contribution is -2.47. The Morgan fingerprint density at radius 1 is 1.07 bits per heavy atom. The topological polar surface area (TPSA) is 135 Å². The van der Waals surface area contributed by atoms with Gasteiger partial charge in [0, 0.05) is 24.1 Å². The summed E-state index contributed by atoms with van der Waals surface area (Å²) in [6.45, 7) is 9.81. The summed E-state index contributed by atoms with van der Waals surface area (Å²) < 4.78 is 8.11. The summed E-state index contributed by atoms with van der Waals surface area (Å²) in [6, 6.07) is 13.1. The third-order valence-electron chi connectivity index (χ3n) is 8.48. The number of nitrogens with one attached hydrogen (secondary N) is 4. The third-order valence-corrected chi connectivity index (χ3v) is 8.48. The molecule has 3 heterocycles. The van der Waals surface area contributed by atoms with Crippen LogP contribution in [0.1, 0.15) is 94.6 Å². The van der Waals surface area contributed by atoms with Crippen molar-refractivity contribution in [2.75, 3.05) is 26.0 Å². The van der Waals surface area contributed by atoms with E-state index in [1.807, 2.05) is 49.3 Å². The van der Waals surface area contributed by atoms with E-state index in [2.05, 4.69) is 48.2 Å². The second kappa shape index (κ2) is 13.4. The molecule has 2 amide bonds. The van der Waals surface area contributed by atoms with Gasteiger partial charge < -0.3 is 19.9 Å². The molecule has 1 fully saturated rings. The number of carbonyl (C=O) groups excluding carboxylic acids is 1. The summed E-state index contributed by atoms with van der Waals surface area (Å²) >= 11 is 0. The average Bonchev–Trinajstić information content (AvgIpc) is 2.98. The Bertz CT molecular complexity index is 1590. The Kier molecular flexibility index (Phi) is 9.57. The molecule has 5 rings (SSSR count). The summed E-state index contributed by atoms with van der Waals surface area (Å²) in [6.07, 6.45) is 6.19. The Hall–Kier alpha value is -4.25. The Labute approximate surface area is 266 Å². The minimum atomic E-state index is -0.318. The zero-order valence-corrected chi connectivity index (χ0v) is 27.4. The number of nitrogens with zero attached hydrogens (tertiary/aromatic N) is 5. The van der Waals surface area contributed by atoms with Crippen LogP contribution in [-0.4, -0.2) is 63.0 Å². The van der Waals surface area contributed by atoms with E-state index in [1.54, 1.807) is 22.9 Å². The molecule has 0 bridgehead atoms. The molecule has 1 saturated heterocycles. The van der Waals surface area contributed by atoms with E-state index in [0.717, 1.165) is 36.2 Å². The molecule has 0 saturated carbocycles. The van der Waals surface area contributed by atoms with Gasteiger partial charge in [0.05, 0.1) is 24.5 Å². The molecular weight excluding hydrogens is 566 g/mol. The van der Waals surface area contributed by atoms with E-state index < -0.39 is 0 Å². The van der Waals surface area contributed by atoms with E-state index in [9.17, 15) is 4.79 Å². The van der Waals surface area contributed by atoms with Gasteiger partial charge in [-0.25, -0.2) is 14.8 Å². The first-order valence-electron chi connectivity index (χ1n) is 15.9. The molecule has 1 aliphatic heterocycles. The van der Waals surface area contributed by atoms with E-state index in [4.69, 9.17) is 20.5 Å². The van der Waals surface area contributed by atoms with E-state index in [1.165, 1.54) is 6.42 Å². The van der Waals surface area contributed by atoms with Crippen LogP contribution in [-0.2, 0) is 12.0 Å². The van der Waals surface area contributed by atoms with Crippen molar-refractivity contribution in [2.45, 2.75) is 89.9 Å². The number of hydrogen-bond donors (Lipinski definition) is 4. The van der Waals surface area contributed by atoms with Gasteiger partial charge in [0.2, 0.25) is 5.96 Å². The highest BCUT2D eigenvalue weighted by Crippen LogP contribution is 2.38. The molecule has 4 N–H and O–H groups in total. The Morgan fingerprint density at radius 3 is 2.53 bits per heavy atom. The standard InChI is InChI=1S/C34H47N9O2/c1-22-11-9-10-18-42(22)32(36)43-20-23(14-17-29(43)35)45-27-16-15-26(24-12-7-8-13-25(24)27)37-33(44)40-30-19-28(34(2,3)4)38-31(39-30)21-41(5)6/h7-8,12-14,17,19-20,22,26-27,35-36H,9-11,15-16,18,21H2,1-6H3,(H2,37,38,39,40,44)/t22-,26-,27+/m0/s1. The van der Waals surface area contributed by atoms with Crippen molar-refractivity contribution >= 4 is 17.8 Å². The fourth-order valence-corrected chi connectivity index (χ4v) is 6.07. The molecule has 1 aliphatic carbocycles. The molecule has 45 heavy (non-hydrogen) atoms. The first-order chi connectivity index (χ1) is 21.4. The molecule has 2 aliphatic rings. The van der Waals surface area contributed by atoms with Crippen molar-refractivity contribution in [3.63, 3.8) is 0 Å². The van der Waals surface area contributed by atoms with Gasteiger partial charge in [-0.15, -0.1) is 0 Å². The van der Waals surface area contributed by atoms with Crippen molar-refractivity contribution in [3.8, 4) is 5.75 Å². The molecule has 1 aromatic carbocycles. The quantitative estimate of drug-likeness (QED) is 0.213. The van der Waals surface area contributed by atoms with Crippen molar-refractivity contribution in [2.24, 2.45) is 0 Å². The SMILES string of the molecule is C[C@H]1CCCCN1C(=N)n1cc(O[C@@H]2CC[C@H](NC(=O)Nc3cc(C(C)(C)C)nc(CN(C)C)n3)c3ccccc32)ccc1=N. The predicted octanol–water partition coefficient (Wildman–Crippen LogP) is 5.55. The van der Waals surface area contributed by atoms with Crippen LogP contribution >= 0.6 is 0 Å². The number of pyridine rings is 1. The van der Waals surface area contributed by atoms with Crippen LogP contribution in [0.25, 0.3) is 0 Å². The van der Waals surface area contributed by atoms with Gasteiger partial charge in [-0.3, -0.25) is 20.7 Å². The smallest absolute Gasteiger partial charge is 0.320 e. The minimum absolute atomic E-state index is 0.194. The van der Waals surface area contributed by atoms with Crippen LogP contribution in [0.3, 0.4) is 0 Å². The Morgan fingerprint density at radius 2 is 1.82 bits per heavy atom. The van der Waals surface area contributed by atoms with Crippen LogP contribution in [0.4, 0.5) is 10.6 Å². The lowest BCUT2D eigenvalue weighted by atomic mass is 9.85. The third kappa shape index (κ3) is 7.70. The van der Waals surface area contributed by atoms with Crippen LogP contribution in [0.5, 0.6) is 5.75 Å². The van der Waals surface area contributed by atoms with Gasteiger partial charge in [0.15, 0.2) is 0 Å². The number of hydrogen-bond acceptors (Lipinski definition) is 7. The summed E-state index contributed by atoms with van der Waals surface area (Å²) in [7, 11) is 3.93. The minimum Gasteiger partial charge on any atom is -0.484 e. The van der Waals surface area contributed by atoms with Crippen LogP contribution in [0, 0.1) is 10.8 Å². The van der Waals surface area contributed by atoms with E-state index >= 15 is 0 Å². The fourth-order valence-electron chi connectivity index (χ4n) is 6.07. The molecule has 11 heteroatoms. The van der Waals surface area contributed by atoms with Crippen molar-refractivity contribution in [1.29, 1.82) is 10.8 Å². The van der Waals surface area contributed by atoms with Crippen LogP contribution < -0.4 is 20.9 Å². The average molecular weight is 614 g/mol. The highest BCUT2D eigenvalue weighted by molar-refractivity contribution is 5.88. The van der Waals surface area contributed by atoms with Crippen molar-refractivity contribution < 1.29 is 9.53 Å². The van der Waals surface area contributed by atoms with Gasteiger partial charge in [-0.2, -0.15) is 0 Å². The first-order valence-corrected chi connectivity index (χ1v) is 15.9. The lowest BCUT2D eigenvalue weighted by Gasteiger charge is -2.36. The maximum atomic E-state index is 13.3. The summed E-state index contributed by atoms with van der Waals surface area (Å²) in [4.78, 5) is 26.7.